The second-order valence-corrected chi connectivity index (χ2v) is 6.93. The maximum Gasteiger partial charge on any atom is 0.276 e. The van der Waals surface area contributed by atoms with Gasteiger partial charge in [-0.2, -0.15) is 0 Å². The fourth-order valence-corrected chi connectivity index (χ4v) is 3.00. The van der Waals surface area contributed by atoms with Crippen molar-refractivity contribution in [3.05, 3.63) is 83.4 Å². The molecule has 3 rings (SSSR count). The highest BCUT2D eigenvalue weighted by Crippen LogP contribution is 2.26. The van der Waals surface area contributed by atoms with Crippen LogP contribution in [0.3, 0.4) is 0 Å². The minimum Gasteiger partial charge on any atom is -0.493 e. The summed E-state index contributed by atoms with van der Waals surface area (Å²) in [6.45, 7) is 3.75. The molecule has 0 spiro atoms. The highest BCUT2D eigenvalue weighted by molar-refractivity contribution is 6.01. The van der Waals surface area contributed by atoms with E-state index in [9.17, 15) is 9.59 Å². The van der Waals surface area contributed by atoms with E-state index >= 15 is 0 Å². The third-order valence-corrected chi connectivity index (χ3v) is 4.57. The summed E-state index contributed by atoms with van der Waals surface area (Å²) in [6, 6.07) is 20.1. The van der Waals surface area contributed by atoms with Gasteiger partial charge in [-0.1, -0.05) is 42.0 Å². The van der Waals surface area contributed by atoms with E-state index in [0.29, 0.717) is 22.7 Å². The quantitative estimate of drug-likeness (QED) is 0.506. The molecule has 0 aliphatic carbocycles. The summed E-state index contributed by atoms with van der Waals surface area (Å²) in [4.78, 5) is 24.7. The molecule has 0 aromatic heterocycles. The van der Waals surface area contributed by atoms with E-state index in [-0.39, 0.29) is 6.61 Å². The summed E-state index contributed by atoms with van der Waals surface area (Å²) >= 11 is 0. The van der Waals surface area contributed by atoms with Crippen molar-refractivity contribution in [2.24, 2.45) is 0 Å². The zero-order valence-electron chi connectivity index (χ0n) is 17.7. The maximum absolute atomic E-state index is 12.6. The van der Waals surface area contributed by atoms with Gasteiger partial charge in [0.25, 0.3) is 11.8 Å². The molecule has 0 saturated heterocycles. The molecule has 0 bridgehead atoms. The first-order chi connectivity index (χ1) is 15.0. The van der Waals surface area contributed by atoms with Crippen LogP contribution in [-0.2, 0) is 4.79 Å². The van der Waals surface area contributed by atoms with Crippen molar-refractivity contribution < 1.29 is 19.1 Å². The van der Waals surface area contributed by atoms with E-state index in [2.05, 4.69) is 22.2 Å². The molecular weight excluding hydrogens is 394 g/mol. The lowest BCUT2D eigenvalue weighted by molar-refractivity contribution is -0.123. The second-order valence-electron chi connectivity index (χ2n) is 6.93. The number of para-hydroxylation sites is 3. The van der Waals surface area contributed by atoms with Gasteiger partial charge in [0.05, 0.1) is 18.4 Å². The normalized spacial score (nSPS) is 10.2. The molecule has 0 radical (unpaired) electrons. The smallest absolute Gasteiger partial charge is 0.276 e. The van der Waals surface area contributed by atoms with Gasteiger partial charge in [-0.25, -0.2) is 0 Å². The van der Waals surface area contributed by atoms with Crippen molar-refractivity contribution in [2.75, 3.05) is 19.0 Å². The van der Waals surface area contributed by atoms with Gasteiger partial charge in [0.1, 0.15) is 0 Å². The van der Waals surface area contributed by atoms with Crippen LogP contribution < -0.4 is 25.6 Å². The van der Waals surface area contributed by atoms with Crippen LogP contribution in [0.2, 0.25) is 0 Å². The van der Waals surface area contributed by atoms with Gasteiger partial charge in [-0.05, 0) is 49.7 Å². The van der Waals surface area contributed by atoms with Crippen molar-refractivity contribution in [3.8, 4) is 11.5 Å². The highest BCUT2D eigenvalue weighted by atomic mass is 16.5. The van der Waals surface area contributed by atoms with Crippen molar-refractivity contribution in [1.29, 1.82) is 0 Å². The molecule has 2 amide bonds. The Hall–Kier alpha value is -4.00. The number of rotatable bonds is 7. The van der Waals surface area contributed by atoms with Crippen LogP contribution in [0.25, 0.3) is 0 Å². The molecule has 7 nitrogen and oxygen atoms in total. The molecule has 0 heterocycles. The largest absolute Gasteiger partial charge is 0.493 e. The van der Waals surface area contributed by atoms with Gasteiger partial charge in [0.2, 0.25) is 0 Å². The Labute approximate surface area is 181 Å². The van der Waals surface area contributed by atoms with E-state index in [4.69, 9.17) is 9.47 Å². The van der Waals surface area contributed by atoms with Crippen molar-refractivity contribution in [1.82, 2.24) is 10.9 Å². The minimum absolute atomic E-state index is 0.275. The lowest BCUT2D eigenvalue weighted by atomic mass is 10.1. The first-order valence-corrected chi connectivity index (χ1v) is 9.76. The Morgan fingerprint density at radius 2 is 1.55 bits per heavy atom. The van der Waals surface area contributed by atoms with Gasteiger partial charge in [-0.3, -0.25) is 20.4 Å². The number of nitrogens with one attached hydrogen (secondary N) is 3. The predicted octanol–water partition coefficient (Wildman–Crippen LogP) is 3.90. The van der Waals surface area contributed by atoms with Gasteiger partial charge in [0.15, 0.2) is 18.1 Å². The number of hydrogen-bond donors (Lipinski definition) is 3. The van der Waals surface area contributed by atoms with Crippen LogP contribution in [-0.4, -0.2) is 25.5 Å². The molecule has 0 fully saturated rings. The topological polar surface area (TPSA) is 88.7 Å². The average molecular weight is 419 g/mol. The van der Waals surface area contributed by atoms with Crippen LogP contribution in [0.5, 0.6) is 11.5 Å². The Morgan fingerprint density at radius 1 is 0.839 bits per heavy atom. The van der Waals surface area contributed by atoms with Crippen molar-refractivity contribution in [3.63, 3.8) is 0 Å². The standard InChI is InChI=1S/C24H25N3O4/c1-16-12-13-19(17(2)14-16)25-20-9-5-4-8-18(20)24(29)27-26-23(28)15-31-22-11-7-6-10-21(22)30-3/h4-14,25H,15H2,1-3H3,(H,26,28)(H,27,29). The monoisotopic (exact) mass is 419 g/mol. The van der Waals surface area contributed by atoms with Crippen LogP contribution in [0, 0.1) is 13.8 Å². The lowest BCUT2D eigenvalue weighted by Crippen LogP contribution is -2.44. The number of aryl methyl sites for hydroxylation is 2. The first kappa shape index (κ1) is 21.7. The van der Waals surface area contributed by atoms with E-state index < -0.39 is 11.8 Å². The summed E-state index contributed by atoms with van der Waals surface area (Å²) in [6.07, 6.45) is 0. The Balaban J connectivity index is 1.60. The van der Waals surface area contributed by atoms with Gasteiger partial charge in [0, 0.05) is 5.69 Å². The fraction of sp³-hybridized carbons (Fsp3) is 0.167. The van der Waals surface area contributed by atoms with Crippen LogP contribution >= 0.6 is 0 Å². The summed E-state index contributed by atoms with van der Waals surface area (Å²) in [5.41, 5.74) is 8.95. The third kappa shape index (κ3) is 5.76. The molecule has 160 valence electrons. The molecule has 3 aromatic rings. The molecule has 3 N–H and O–H groups in total. The Morgan fingerprint density at radius 3 is 2.29 bits per heavy atom. The molecule has 3 aromatic carbocycles. The van der Waals surface area contributed by atoms with Crippen molar-refractivity contribution in [2.45, 2.75) is 13.8 Å². The van der Waals surface area contributed by atoms with Crippen LogP contribution in [0.4, 0.5) is 11.4 Å². The minimum atomic E-state index is -0.501. The number of amides is 2. The molecule has 0 saturated carbocycles. The number of carbonyl (C=O) groups excluding carboxylic acids is 2. The number of carbonyl (C=O) groups is 2. The third-order valence-electron chi connectivity index (χ3n) is 4.57. The lowest BCUT2D eigenvalue weighted by Gasteiger charge is -2.15. The average Bonchev–Trinajstić information content (AvgIpc) is 2.78. The van der Waals surface area contributed by atoms with Crippen molar-refractivity contribution >= 4 is 23.2 Å². The maximum atomic E-state index is 12.6. The predicted molar refractivity (Wildman–Crippen MR) is 120 cm³/mol. The van der Waals surface area contributed by atoms with Crippen LogP contribution in [0.15, 0.2) is 66.7 Å². The molecule has 7 heteroatoms. The molecule has 0 atom stereocenters. The molecule has 0 aliphatic rings. The number of ether oxygens (including phenoxy) is 2. The SMILES string of the molecule is COc1ccccc1OCC(=O)NNC(=O)c1ccccc1Nc1ccc(C)cc1C. The zero-order valence-corrected chi connectivity index (χ0v) is 17.7. The van der Waals surface area contributed by atoms with Gasteiger partial charge >= 0.3 is 0 Å². The number of anilines is 2. The van der Waals surface area contributed by atoms with E-state index in [1.54, 1.807) is 42.5 Å². The Bertz CT molecular complexity index is 1080. The number of hydrogen-bond acceptors (Lipinski definition) is 5. The van der Waals surface area contributed by atoms with Gasteiger partial charge < -0.3 is 14.8 Å². The summed E-state index contributed by atoms with van der Waals surface area (Å²) in [5, 5.41) is 3.28. The number of methoxy groups -OCH3 is 1. The van der Waals surface area contributed by atoms with Crippen LogP contribution in [0.1, 0.15) is 21.5 Å². The molecule has 0 aliphatic heterocycles. The number of hydrazine groups is 1. The second kappa shape index (κ2) is 10.2. The summed E-state index contributed by atoms with van der Waals surface area (Å²) < 4.78 is 10.6. The molecule has 0 unspecified atom stereocenters. The summed E-state index contributed by atoms with van der Waals surface area (Å²) in [7, 11) is 1.52. The molecular formula is C24H25N3O4. The van der Waals surface area contributed by atoms with Gasteiger partial charge in [-0.15, -0.1) is 0 Å². The first-order valence-electron chi connectivity index (χ1n) is 9.76. The zero-order chi connectivity index (χ0) is 22.2. The highest BCUT2D eigenvalue weighted by Gasteiger charge is 2.13. The van der Waals surface area contributed by atoms with E-state index in [1.165, 1.54) is 7.11 Å². The molecule has 31 heavy (non-hydrogen) atoms. The van der Waals surface area contributed by atoms with E-state index in [0.717, 1.165) is 16.8 Å². The summed E-state index contributed by atoms with van der Waals surface area (Å²) in [5.74, 6) is 0.0119. The number of benzene rings is 3. The fourth-order valence-electron chi connectivity index (χ4n) is 3.00. The van der Waals surface area contributed by atoms with E-state index in [1.807, 2.05) is 32.0 Å². The Kier molecular flexibility index (Phi) is 7.11.